The topological polar surface area (TPSA) is 17.1 Å². The largest absolute Gasteiger partial charge is 0.298 e. The van der Waals surface area contributed by atoms with E-state index in [1.807, 2.05) is 0 Å². The van der Waals surface area contributed by atoms with Gasteiger partial charge >= 0.3 is 0 Å². The van der Waals surface area contributed by atoms with Gasteiger partial charge in [-0.3, -0.25) is 4.79 Å². The number of ketones is 1. The minimum absolute atomic E-state index is 0.200. The Morgan fingerprint density at radius 2 is 2.07 bits per heavy atom. The summed E-state index contributed by atoms with van der Waals surface area (Å²) in [5.74, 6) is 0.980. The molecule has 2 heteroatoms. The molecule has 78 valence electrons. The number of fused-ring (bicyclic) bond motifs is 1. The summed E-state index contributed by atoms with van der Waals surface area (Å²) < 4.78 is -0.200. The third-order valence-corrected chi connectivity index (χ3v) is 5.24. The van der Waals surface area contributed by atoms with Crippen molar-refractivity contribution >= 4 is 21.7 Å². The molecule has 14 heavy (non-hydrogen) atoms. The molecule has 0 saturated heterocycles. The summed E-state index contributed by atoms with van der Waals surface area (Å²) in [7, 11) is 0. The first-order valence-corrected chi connectivity index (χ1v) is 6.21. The number of Topliss-reactive ketones (excluding diaryl/α,β-unsaturated/α-hetero) is 1. The van der Waals surface area contributed by atoms with Gasteiger partial charge in [-0.1, -0.05) is 27.1 Å². The highest BCUT2D eigenvalue weighted by Gasteiger charge is 2.47. The van der Waals surface area contributed by atoms with Crippen molar-refractivity contribution in [3.05, 3.63) is 11.1 Å². The van der Waals surface area contributed by atoms with Gasteiger partial charge in [0.25, 0.3) is 0 Å². The molecule has 0 bridgehead atoms. The molecule has 1 saturated carbocycles. The second kappa shape index (κ2) is 3.48. The number of halogens is 1. The van der Waals surface area contributed by atoms with Crippen molar-refractivity contribution in [2.45, 2.75) is 50.3 Å². The lowest BCUT2D eigenvalue weighted by Gasteiger charge is -2.42. The lowest BCUT2D eigenvalue weighted by Crippen LogP contribution is -2.45. The molecule has 2 atom stereocenters. The monoisotopic (exact) mass is 256 g/mol. The lowest BCUT2D eigenvalue weighted by molar-refractivity contribution is -0.124. The predicted molar refractivity (Wildman–Crippen MR) is 61.6 cm³/mol. The van der Waals surface area contributed by atoms with E-state index in [2.05, 4.69) is 29.8 Å². The summed E-state index contributed by atoms with van der Waals surface area (Å²) in [6, 6.07) is 0. The maximum Gasteiger partial charge on any atom is 0.150 e. The highest BCUT2D eigenvalue weighted by molar-refractivity contribution is 9.10. The zero-order valence-electron chi connectivity index (χ0n) is 8.90. The van der Waals surface area contributed by atoms with E-state index in [1.165, 1.54) is 17.6 Å². The number of hydrogen-bond acceptors (Lipinski definition) is 1. The molecule has 0 aliphatic heterocycles. The molecular formula is C12H17BrO. The Hall–Kier alpha value is -0.110. The number of carbonyl (C=O) groups is 1. The fourth-order valence-electron chi connectivity index (χ4n) is 2.76. The first kappa shape index (κ1) is 10.4. The molecule has 2 aliphatic rings. The molecule has 1 nitrogen and oxygen atoms in total. The van der Waals surface area contributed by atoms with Crippen LogP contribution >= 0.6 is 15.9 Å². The van der Waals surface area contributed by atoms with E-state index in [0.29, 0.717) is 11.7 Å². The fourth-order valence-corrected chi connectivity index (χ4v) is 3.77. The average molecular weight is 257 g/mol. The summed E-state index contributed by atoms with van der Waals surface area (Å²) in [6.45, 7) is 4.37. The Labute approximate surface area is 94.1 Å². The molecule has 2 aliphatic carbocycles. The number of carbonyl (C=O) groups excluding carboxylic acids is 1. The molecule has 0 aromatic heterocycles. The van der Waals surface area contributed by atoms with Gasteiger partial charge in [0, 0.05) is 6.42 Å². The average Bonchev–Trinajstić information content (AvgIpc) is 2.11. The summed E-state index contributed by atoms with van der Waals surface area (Å²) in [6.07, 6.45) is 5.12. The Balaban J connectivity index is 2.33. The molecule has 0 aromatic carbocycles. The van der Waals surface area contributed by atoms with Crippen LogP contribution in [0.15, 0.2) is 11.1 Å². The first-order chi connectivity index (χ1) is 6.54. The Kier molecular flexibility index (Phi) is 2.59. The molecule has 0 unspecified atom stereocenters. The second-order valence-electron chi connectivity index (χ2n) is 4.82. The number of alkyl halides is 1. The molecule has 0 spiro atoms. The fraction of sp³-hybridized carbons (Fsp3) is 0.750. The maximum absolute atomic E-state index is 11.9. The van der Waals surface area contributed by atoms with Crippen LogP contribution in [0.25, 0.3) is 0 Å². The van der Waals surface area contributed by atoms with E-state index in [-0.39, 0.29) is 4.32 Å². The molecule has 2 rings (SSSR count). The molecular weight excluding hydrogens is 240 g/mol. The van der Waals surface area contributed by atoms with Crippen LogP contribution in [0.2, 0.25) is 0 Å². The van der Waals surface area contributed by atoms with E-state index in [9.17, 15) is 4.79 Å². The van der Waals surface area contributed by atoms with Crippen molar-refractivity contribution < 1.29 is 4.79 Å². The quantitative estimate of drug-likeness (QED) is 0.478. The summed E-state index contributed by atoms with van der Waals surface area (Å²) in [4.78, 5) is 11.9. The van der Waals surface area contributed by atoms with Crippen LogP contribution in [0.4, 0.5) is 0 Å². The highest BCUT2D eigenvalue weighted by atomic mass is 79.9. The highest BCUT2D eigenvalue weighted by Crippen LogP contribution is 2.49. The van der Waals surface area contributed by atoms with E-state index >= 15 is 0 Å². The Morgan fingerprint density at radius 3 is 2.79 bits per heavy atom. The second-order valence-corrected chi connectivity index (χ2v) is 6.23. The van der Waals surface area contributed by atoms with Crippen LogP contribution in [-0.2, 0) is 4.79 Å². The summed E-state index contributed by atoms with van der Waals surface area (Å²) >= 11 is 3.72. The van der Waals surface area contributed by atoms with Crippen molar-refractivity contribution in [1.29, 1.82) is 0 Å². The summed E-state index contributed by atoms with van der Waals surface area (Å²) in [5.41, 5.74) is 2.91. The van der Waals surface area contributed by atoms with Crippen molar-refractivity contribution in [3.8, 4) is 0 Å². The van der Waals surface area contributed by atoms with Crippen LogP contribution in [0.1, 0.15) is 46.0 Å². The van der Waals surface area contributed by atoms with Crippen LogP contribution in [0.5, 0.6) is 0 Å². The van der Waals surface area contributed by atoms with Crippen LogP contribution in [0, 0.1) is 5.92 Å². The minimum atomic E-state index is -0.200. The standard InChI is InChI=1S/C12H17BrO/c1-8-6-10-4-3-5-11(14)12(10,13)7-9(8)2/h10H,3-7H2,1-2H3/t10-,12+/m1/s1. The zero-order valence-corrected chi connectivity index (χ0v) is 10.5. The van der Waals surface area contributed by atoms with Gasteiger partial charge in [-0.05, 0) is 45.4 Å². The predicted octanol–water partition coefficient (Wildman–Crippen LogP) is 3.62. The third-order valence-electron chi connectivity index (χ3n) is 3.87. The number of rotatable bonds is 0. The Morgan fingerprint density at radius 1 is 1.36 bits per heavy atom. The van der Waals surface area contributed by atoms with E-state index in [4.69, 9.17) is 0 Å². The molecule has 0 heterocycles. The van der Waals surface area contributed by atoms with E-state index in [0.717, 1.165) is 25.7 Å². The number of hydrogen-bond donors (Lipinski definition) is 0. The Bertz CT molecular complexity index is 305. The number of allylic oxidation sites excluding steroid dienone is 2. The molecule has 0 radical (unpaired) electrons. The normalized spacial score (nSPS) is 38.5. The molecule has 1 fully saturated rings. The van der Waals surface area contributed by atoms with E-state index < -0.39 is 0 Å². The molecule has 0 aromatic rings. The first-order valence-electron chi connectivity index (χ1n) is 5.41. The van der Waals surface area contributed by atoms with Gasteiger partial charge in [0.1, 0.15) is 5.78 Å². The maximum atomic E-state index is 11.9. The summed E-state index contributed by atoms with van der Waals surface area (Å²) in [5, 5.41) is 0. The van der Waals surface area contributed by atoms with Gasteiger partial charge in [0.2, 0.25) is 0 Å². The van der Waals surface area contributed by atoms with Gasteiger partial charge in [0.05, 0.1) is 4.32 Å². The third kappa shape index (κ3) is 1.48. The van der Waals surface area contributed by atoms with Gasteiger partial charge < -0.3 is 0 Å². The molecule has 0 amide bonds. The van der Waals surface area contributed by atoms with Crippen LogP contribution < -0.4 is 0 Å². The minimum Gasteiger partial charge on any atom is -0.298 e. The van der Waals surface area contributed by atoms with Gasteiger partial charge in [-0.2, -0.15) is 0 Å². The van der Waals surface area contributed by atoms with Crippen molar-refractivity contribution in [1.82, 2.24) is 0 Å². The zero-order chi connectivity index (χ0) is 10.3. The molecule has 0 N–H and O–H groups in total. The van der Waals surface area contributed by atoms with Crippen LogP contribution in [-0.4, -0.2) is 10.1 Å². The van der Waals surface area contributed by atoms with Crippen LogP contribution in [0.3, 0.4) is 0 Å². The van der Waals surface area contributed by atoms with Crippen molar-refractivity contribution in [2.75, 3.05) is 0 Å². The van der Waals surface area contributed by atoms with Gasteiger partial charge in [-0.15, -0.1) is 0 Å². The van der Waals surface area contributed by atoms with Gasteiger partial charge in [-0.25, -0.2) is 0 Å². The van der Waals surface area contributed by atoms with Crippen molar-refractivity contribution in [3.63, 3.8) is 0 Å². The SMILES string of the molecule is CC1=C(C)C[C@@]2(Br)C(=O)CCC[C@@H]2C1. The smallest absolute Gasteiger partial charge is 0.150 e. The van der Waals surface area contributed by atoms with E-state index in [1.54, 1.807) is 0 Å². The van der Waals surface area contributed by atoms with Gasteiger partial charge in [0.15, 0.2) is 0 Å². The van der Waals surface area contributed by atoms with Crippen molar-refractivity contribution in [2.24, 2.45) is 5.92 Å². The lowest BCUT2D eigenvalue weighted by atomic mass is 9.68.